The molecular formula is C18H11NS. The summed E-state index contributed by atoms with van der Waals surface area (Å²) in [4.78, 5) is 0. The topological polar surface area (TPSA) is 23.8 Å². The average molecular weight is 273 g/mol. The van der Waals surface area contributed by atoms with Gasteiger partial charge in [0.2, 0.25) is 0 Å². The maximum Gasteiger partial charge on any atom is 0.0998 e. The lowest BCUT2D eigenvalue weighted by Gasteiger charge is -2.05. The monoisotopic (exact) mass is 273 g/mol. The average Bonchev–Trinajstić information content (AvgIpc) is 2.87. The number of thiophene rings is 1. The normalized spacial score (nSPS) is 11.2. The maximum absolute atomic E-state index is 9.52. The van der Waals surface area contributed by atoms with Gasteiger partial charge >= 0.3 is 0 Å². The van der Waals surface area contributed by atoms with E-state index in [9.17, 15) is 5.26 Å². The van der Waals surface area contributed by atoms with Crippen molar-refractivity contribution < 1.29 is 0 Å². The summed E-state index contributed by atoms with van der Waals surface area (Å²) in [5.41, 5.74) is 2.00. The van der Waals surface area contributed by atoms with Crippen LogP contribution in [0.15, 0.2) is 48.5 Å². The minimum absolute atomic E-state index is 0.777. The zero-order valence-electron chi connectivity index (χ0n) is 11.0. The molecule has 2 heteroatoms. The summed E-state index contributed by atoms with van der Waals surface area (Å²) in [6.45, 7) is 2.10. The standard InChI is InChI=1S/C18H11NS/c1-11-5-4-7-13-15(11)9-12(10-19)17-14-6-2-3-8-16(14)20-18(13)17/h2-9H,1H3. The largest absolute Gasteiger partial charge is 0.192 e. The molecule has 1 nitrogen and oxygen atoms in total. The molecule has 3 aromatic carbocycles. The number of aryl methyl sites for hydroxylation is 1. The Kier molecular flexibility index (Phi) is 2.33. The van der Waals surface area contributed by atoms with Crippen LogP contribution in [0.3, 0.4) is 0 Å². The van der Waals surface area contributed by atoms with Crippen LogP contribution < -0.4 is 0 Å². The molecule has 0 amide bonds. The predicted octanol–water partition coefficient (Wildman–Crippen LogP) is 5.39. The van der Waals surface area contributed by atoms with Crippen LogP contribution in [-0.4, -0.2) is 0 Å². The highest BCUT2D eigenvalue weighted by molar-refractivity contribution is 7.26. The molecule has 0 spiro atoms. The van der Waals surface area contributed by atoms with Gasteiger partial charge in [-0.15, -0.1) is 11.3 Å². The Morgan fingerprint density at radius 2 is 1.75 bits per heavy atom. The van der Waals surface area contributed by atoms with E-state index in [-0.39, 0.29) is 0 Å². The molecule has 4 rings (SSSR count). The quantitative estimate of drug-likeness (QED) is 0.421. The van der Waals surface area contributed by atoms with E-state index < -0.39 is 0 Å². The molecule has 0 aliphatic rings. The van der Waals surface area contributed by atoms with Gasteiger partial charge in [0, 0.05) is 20.2 Å². The third-order valence-corrected chi connectivity index (χ3v) is 5.05. The Morgan fingerprint density at radius 1 is 0.950 bits per heavy atom. The fraction of sp³-hybridized carbons (Fsp3) is 0.0556. The van der Waals surface area contributed by atoms with Crippen molar-refractivity contribution in [2.45, 2.75) is 6.92 Å². The number of hydrogen-bond acceptors (Lipinski definition) is 2. The van der Waals surface area contributed by atoms with Crippen molar-refractivity contribution in [1.29, 1.82) is 5.26 Å². The van der Waals surface area contributed by atoms with E-state index >= 15 is 0 Å². The van der Waals surface area contributed by atoms with E-state index in [0.717, 1.165) is 10.9 Å². The first-order valence-corrected chi connectivity index (χ1v) is 7.35. The Bertz CT molecular complexity index is 1020. The van der Waals surface area contributed by atoms with Crippen molar-refractivity contribution in [3.05, 3.63) is 59.7 Å². The van der Waals surface area contributed by atoms with Gasteiger partial charge in [-0.3, -0.25) is 0 Å². The summed E-state index contributed by atoms with van der Waals surface area (Å²) in [6, 6.07) is 19.1. The van der Waals surface area contributed by atoms with Crippen molar-refractivity contribution in [2.75, 3.05) is 0 Å². The first kappa shape index (κ1) is 11.5. The summed E-state index contributed by atoms with van der Waals surface area (Å²) in [7, 11) is 0. The van der Waals surface area contributed by atoms with Gasteiger partial charge in [-0.2, -0.15) is 5.26 Å². The van der Waals surface area contributed by atoms with E-state index in [0.29, 0.717) is 0 Å². The predicted molar refractivity (Wildman–Crippen MR) is 86.3 cm³/mol. The Labute approximate surface area is 120 Å². The molecule has 0 aliphatic heterocycles. The second-order valence-corrected chi connectivity index (χ2v) is 6.06. The minimum Gasteiger partial charge on any atom is -0.192 e. The van der Waals surface area contributed by atoms with Crippen LogP contribution in [0.2, 0.25) is 0 Å². The molecule has 0 atom stereocenters. The van der Waals surface area contributed by atoms with Crippen LogP contribution >= 0.6 is 11.3 Å². The zero-order valence-corrected chi connectivity index (χ0v) is 11.8. The maximum atomic E-state index is 9.52. The van der Waals surface area contributed by atoms with E-state index in [1.807, 2.05) is 12.1 Å². The third kappa shape index (κ3) is 1.41. The van der Waals surface area contributed by atoms with E-state index in [1.54, 1.807) is 11.3 Å². The zero-order chi connectivity index (χ0) is 13.7. The highest BCUT2D eigenvalue weighted by Crippen LogP contribution is 2.40. The first-order valence-electron chi connectivity index (χ1n) is 6.53. The number of hydrogen-bond donors (Lipinski definition) is 0. The Morgan fingerprint density at radius 3 is 2.60 bits per heavy atom. The van der Waals surface area contributed by atoms with E-state index in [4.69, 9.17) is 0 Å². The molecule has 0 unspecified atom stereocenters. The molecule has 0 radical (unpaired) electrons. The van der Waals surface area contributed by atoms with Gasteiger partial charge < -0.3 is 0 Å². The van der Waals surface area contributed by atoms with Crippen molar-refractivity contribution >= 4 is 42.3 Å². The molecule has 20 heavy (non-hydrogen) atoms. The van der Waals surface area contributed by atoms with Crippen molar-refractivity contribution in [1.82, 2.24) is 0 Å². The Balaban J connectivity index is 2.39. The van der Waals surface area contributed by atoms with Gasteiger partial charge in [0.15, 0.2) is 0 Å². The SMILES string of the molecule is Cc1cccc2c1cc(C#N)c1c3ccccc3sc21. The highest BCUT2D eigenvalue weighted by Gasteiger charge is 2.13. The second kappa shape index (κ2) is 4.06. The van der Waals surface area contributed by atoms with Crippen molar-refractivity contribution in [2.24, 2.45) is 0 Å². The molecule has 0 saturated heterocycles. The van der Waals surface area contributed by atoms with Gasteiger partial charge in [0.05, 0.1) is 11.6 Å². The summed E-state index contributed by atoms with van der Waals surface area (Å²) >= 11 is 1.78. The minimum atomic E-state index is 0.777. The van der Waals surface area contributed by atoms with Gasteiger partial charge in [-0.05, 0) is 35.4 Å². The van der Waals surface area contributed by atoms with Crippen molar-refractivity contribution in [3.8, 4) is 6.07 Å². The smallest absolute Gasteiger partial charge is 0.0998 e. The summed E-state index contributed by atoms with van der Waals surface area (Å²) in [5.74, 6) is 0. The summed E-state index contributed by atoms with van der Waals surface area (Å²) < 4.78 is 2.47. The fourth-order valence-corrected chi connectivity index (χ4v) is 4.13. The van der Waals surface area contributed by atoms with Crippen LogP contribution in [0.1, 0.15) is 11.1 Å². The first-order chi connectivity index (χ1) is 9.79. The molecule has 0 saturated carbocycles. The van der Waals surface area contributed by atoms with Gasteiger partial charge in [0.25, 0.3) is 0 Å². The van der Waals surface area contributed by atoms with Crippen molar-refractivity contribution in [3.63, 3.8) is 0 Å². The molecule has 4 aromatic rings. The molecule has 0 fully saturated rings. The van der Waals surface area contributed by atoms with E-state index in [1.165, 1.54) is 31.1 Å². The molecule has 1 heterocycles. The van der Waals surface area contributed by atoms with Gasteiger partial charge in [-0.25, -0.2) is 0 Å². The van der Waals surface area contributed by atoms with Crippen LogP contribution in [0.5, 0.6) is 0 Å². The lowest BCUT2D eigenvalue weighted by atomic mass is 9.98. The molecule has 0 aliphatic carbocycles. The molecular weight excluding hydrogens is 262 g/mol. The van der Waals surface area contributed by atoms with Crippen LogP contribution in [-0.2, 0) is 0 Å². The Hall–Kier alpha value is -2.37. The van der Waals surface area contributed by atoms with Gasteiger partial charge in [0.1, 0.15) is 0 Å². The number of nitriles is 1. The highest BCUT2D eigenvalue weighted by atomic mass is 32.1. The lowest BCUT2D eigenvalue weighted by molar-refractivity contribution is 1.50. The van der Waals surface area contributed by atoms with Crippen LogP contribution in [0.4, 0.5) is 0 Å². The van der Waals surface area contributed by atoms with Crippen LogP contribution in [0, 0.1) is 18.3 Å². The number of benzene rings is 3. The molecule has 0 N–H and O–H groups in total. The number of rotatable bonds is 0. The summed E-state index contributed by atoms with van der Waals surface area (Å²) in [5, 5.41) is 14.2. The van der Waals surface area contributed by atoms with Crippen LogP contribution in [0.25, 0.3) is 30.9 Å². The molecule has 0 bridgehead atoms. The van der Waals surface area contributed by atoms with Gasteiger partial charge in [-0.1, -0.05) is 36.4 Å². The molecule has 1 aromatic heterocycles. The van der Waals surface area contributed by atoms with E-state index in [2.05, 4.69) is 49.4 Å². The second-order valence-electron chi connectivity index (χ2n) is 5.01. The fourth-order valence-electron chi connectivity index (χ4n) is 2.88. The lowest BCUT2D eigenvalue weighted by Crippen LogP contribution is -1.83. The number of nitrogens with zero attached hydrogens (tertiary/aromatic N) is 1. The third-order valence-electron chi connectivity index (χ3n) is 3.84. The molecule has 94 valence electrons. The number of fused-ring (bicyclic) bond motifs is 5. The summed E-state index contributed by atoms with van der Waals surface area (Å²) in [6.07, 6.45) is 0.